The number of hydrogen-bond donors (Lipinski definition) is 2. The number of thioether (sulfide) groups is 1. The van der Waals surface area contributed by atoms with Gasteiger partial charge in [-0.1, -0.05) is 12.1 Å². The molecule has 6 heteroatoms. The van der Waals surface area contributed by atoms with Crippen molar-refractivity contribution in [2.45, 2.75) is 11.4 Å². The predicted molar refractivity (Wildman–Crippen MR) is 85.6 cm³/mol. The van der Waals surface area contributed by atoms with Crippen molar-refractivity contribution < 1.29 is 14.3 Å². The topological polar surface area (TPSA) is 59.6 Å². The Morgan fingerprint density at radius 3 is 2.71 bits per heavy atom. The van der Waals surface area contributed by atoms with E-state index in [9.17, 15) is 4.79 Å². The molecular weight excluding hydrogens is 288 g/mol. The highest BCUT2D eigenvalue weighted by Gasteiger charge is 2.03. The molecule has 0 radical (unpaired) electrons. The molecule has 1 aromatic carbocycles. The fourth-order valence-corrected chi connectivity index (χ4v) is 2.45. The molecule has 0 spiro atoms. The van der Waals surface area contributed by atoms with E-state index < -0.39 is 0 Å². The average molecular weight is 312 g/mol. The first kappa shape index (κ1) is 18.0. The second kappa shape index (κ2) is 11.6. The summed E-state index contributed by atoms with van der Waals surface area (Å²) in [5, 5.41) is 6.11. The van der Waals surface area contributed by atoms with Gasteiger partial charge in [0.1, 0.15) is 0 Å². The van der Waals surface area contributed by atoms with Crippen LogP contribution in [0.4, 0.5) is 0 Å². The van der Waals surface area contributed by atoms with Gasteiger partial charge in [0.2, 0.25) is 5.91 Å². The summed E-state index contributed by atoms with van der Waals surface area (Å²) in [5.74, 6) is 0.449. The first-order valence-electron chi connectivity index (χ1n) is 6.93. The summed E-state index contributed by atoms with van der Waals surface area (Å²) in [6, 6.07) is 8.21. The molecule has 1 rings (SSSR count). The lowest BCUT2D eigenvalue weighted by Gasteiger charge is -2.07. The number of nitrogens with one attached hydrogen (secondary N) is 2. The first-order chi connectivity index (χ1) is 10.3. The van der Waals surface area contributed by atoms with Gasteiger partial charge in [-0.2, -0.15) is 0 Å². The maximum absolute atomic E-state index is 11.6. The first-order valence-corrected chi connectivity index (χ1v) is 7.92. The predicted octanol–water partition coefficient (Wildman–Crippen LogP) is 1.28. The fraction of sp³-hybridized carbons (Fsp3) is 0.533. The van der Waals surface area contributed by atoms with E-state index in [0.717, 1.165) is 18.0 Å². The van der Waals surface area contributed by atoms with Crippen molar-refractivity contribution in [3.63, 3.8) is 0 Å². The van der Waals surface area contributed by atoms with Crippen LogP contribution in [0.25, 0.3) is 0 Å². The summed E-state index contributed by atoms with van der Waals surface area (Å²) >= 11 is 1.54. The van der Waals surface area contributed by atoms with Crippen molar-refractivity contribution in [1.29, 1.82) is 0 Å². The molecule has 0 heterocycles. The number of carbonyl (C=O) groups is 1. The second-order valence-corrected chi connectivity index (χ2v) is 5.50. The van der Waals surface area contributed by atoms with Crippen LogP contribution in [0.2, 0.25) is 0 Å². The Bertz CT molecular complexity index is 416. The number of benzene rings is 1. The lowest BCUT2D eigenvalue weighted by molar-refractivity contribution is -0.118. The summed E-state index contributed by atoms with van der Waals surface area (Å²) in [4.78, 5) is 12.7. The van der Waals surface area contributed by atoms with Crippen molar-refractivity contribution in [3.8, 4) is 0 Å². The van der Waals surface area contributed by atoms with E-state index in [1.165, 1.54) is 17.3 Å². The molecular formula is C15H24N2O3S. The SMILES string of the molecule is COCCNCc1cccc(SCC(=O)NCCOC)c1. The third-order valence-corrected chi connectivity index (χ3v) is 3.70. The van der Waals surface area contributed by atoms with E-state index >= 15 is 0 Å². The van der Waals surface area contributed by atoms with Gasteiger partial charge in [-0.3, -0.25) is 4.79 Å². The van der Waals surface area contributed by atoms with Crippen molar-refractivity contribution in [2.75, 3.05) is 46.3 Å². The zero-order valence-corrected chi connectivity index (χ0v) is 13.5. The quantitative estimate of drug-likeness (QED) is 0.476. The third-order valence-electron chi connectivity index (χ3n) is 2.71. The van der Waals surface area contributed by atoms with Gasteiger partial charge >= 0.3 is 0 Å². The van der Waals surface area contributed by atoms with E-state index in [-0.39, 0.29) is 5.91 Å². The van der Waals surface area contributed by atoms with Crippen molar-refractivity contribution in [2.24, 2.45) is 0 Å². The van der Waals surface area contributed by atoms with Gasteiger partial charge in [-0.05, 0) is 17.7 Å². The number of amides is 1. The lowest BCUT2D eigenvalue weighted by atomic mass is 10.2. The van der Waals surface area contributed by atoms with Crippen LogP contribution in [-0.4, -0.2) is 52.2 Å². The van der Waals surface area contributed by atoms with Crippen LogP contribution in [0, 0.1) is 0 Å². The van der Waals surface area contributed by atoms with E-state index in [1.54, 1.807) is 14.2 Å². The molecule has 1 aromatic rings. The molecule has 1 amide bonds. The van der Waals surface area contributed by atoms with Crippen LogP contribution in [0.15, 0.2) is 29.2 Å². The fourth-order valence-electron chi connectivity index (χ4n) is 1.64. The molecule has 0 fully saturated rings. The summed E-state index contributed by atoms with van der Waals surface area (Å²) in [7, 11) is 3.31. The number of rotatable bonds is 11. The van der Waals surface area contributed by atoms with Crippen LogP contribution in [0.5, 0.6) is 0 Å². The third kappa shape index (κ3) is 8.72. The monoisotopic (exact) mass is 312 g/mol. The Hall–Kier alpha value is -1.08. The van der Waals surface area contributed by atoms with Gasteiger partial charge in [0.15, 0.2) is 0 Å². The Kier molecular flexibility index (Phi) is 9.90. The molecule has 5 nitrogen and oxygen atoms in total. The number of hydrogen-bond acceptors (Lipinski definition) is 5. The van der Waals surface area contributed by atoms with Crippen LogP contribution >= 0.6 is 11.8 Å². The molecule has 0 unspecified atom stereocenters. The lowest BCUT2D eigenvalue weighted by Crippen LogP contribution is -2.28. The van der Waals surface area contributed by atoms with Gasteiger partial charge < -0.3 is 20.1 Å². The molecule has 0 aliphatic heterocycles. The smallest absolute Gasteiger partial charge is 0.230 e. The standard InChI is InChI=1S/C15H24N2O3S/c1-19-8-6-16-11-13-4-3-5-14(10-13)21-12-15(18)17-7-9-20-2/h3-5,10,16H,6-9,11-12H2,1-2H3,(H,17,18). The van der Waals surface area contributed by atoms with E-state index in [4.69, 9.17) is 9.47 Å². The number of ether oxygens (including phenoxy) is 2. The molecule has 0 aromatic heterocycles. The molecule has 0 aliphatic carbocycles. The highest BCUT2D eigenvalue weighted by atomic mass is 32.2. The largest absolute Gasteiger partial charge is 0.383 e. The van der Waals surface area contributed by atoms with E-state index in [0.29, 0.717) is 25.5 Å². The molecule has 0 saturated carbocycles. The van der Waals surface area contributed by atoms with Gasteiger partial charge in [-0.15, -0.1) is 11.8 Å². The number of carbonyl (C=O) groups excluding carboxylic acids is 1. The summed E-state index contributed by atoms with van der Waals surface area (Å²) in [5.41, 5.74) is 1.20. The summed E-state index contributed by atoms with van der Waals surface area (Å²) < 4.78 is 9.88. The Labute approximate surface area is 130 Å². The minimum absolute atomic E-state index is 0.0284. The normalized spacial score (nSPS) is 10.6. The van der Waals surface area contributed by atoms with Crippen LogP contribution in [0.3, 0.4) is 0 Å². The molecule has 21 heavy (non-hydrogen) atoms. The molecule has 2 N–H and O–H groups in total. The molecule has 0 bridgehead atoms. The second-order valence-electron chi connectivity index (χ2n) is 4.45. The van der Waals surface area contributed by atoms with Crippen LogP contribution in [-0.2, 0) is 20.8 Å². The van der Waals surface area contributed by atoms with Crippen molar-refractivity contribution >= 4 is 17.7 Å². The van der Waals surface area contributed by atoms with Gasteiger partial charge in [-0.25, -0.2) is 0 Å². The molecule has 0 atom stereocenters. The van der Waals surface area contributed by atoms with Gasteiger partial charge in [0.05, 0.1) is 19.0 Å². The molecule has 118 valence electrons. The zero-order chi connectivity index (χ0) is 15.3. The Morgan fingerprint density at radius 1 is 1.19 bits per heavy atom. The minimum Gasteiger partial charge on any atom is -0.383 e. The van der Waals surface area contributed by atoms with Crippen molar-refractivity contribution in [1.82, 2.24) is 10.6 Å². The van der Waals surface area contributed by atoms with Crippen LogP contribution < -0.4 is 10.6 Å². The Morgan fingerprint density at radius 2 is 1.95 bits per heavy atom. The summed E-state index contributed by atoms with van der Waals surface area (Å²) in [6.07, 6.45) is 0. The van der Waals surface area contributed by atoms with E-state index in [2.05, 4.69) is 22.8 Å². The molecule has 0 aliphatic rings. The average Bonchev–Trinajstić information content (AvgIpc) is 2.50. The number of methoxy groups -OCH3 is 2. The van der Waals surface area contributed by atoms with Gasteiger partial charge in [0.25, 0.3) is 0 Å². The van der Waals surface area contributed by atoms with Gasteiger partial charge in [0, 0.05) is 38.7 Å². The molecule has 0 saturated heterocycles. The Balaban J connectivity index is 2.29. The minimum atomic E-state index is 0.0284. The maximum Gasteiger partial charge on any atom is 0.230 e. The summed E-state index contributed by atoms with van der Waals surface area (Å²) in [6.45, 7) is 3.43. The zero-order valence-electron chi connectivity index (χ0n) is 12.7. The maximum atomic E-state index is 11.6. The highest BCUT2D eigenvalue weighted by molar-refractivity contribution is 8.00. The van der Waals surface area contributed by atoms with Crippen molar-refractivity contribution in [3.05, 3.63) is 29.8 Å². The van der Waals surface area contributed by atoms with E-state index in [1.807, 2.05) is 12.1 Å². The van der Waals surface area contributed by atoms with Crippen LogP contribution in [0.1, 0.15) is 5.56 Å². The highest BCUT2D eigenvalue weighted by Crippen LogP contribution is 2.18.